The highest BCUT2D eigenvalue weighted by Crippen LogP contribution is 2.56. The number of hydrogen-bond donors (Lipinski definition) is 2. The fourth-order valence-corrected chi connectivity index (χ4v) is 6.24. The van der Waals surface area contributed by atoms with Crippen molar-refractivity contribution in [1.82, 2.24) is 15.5 Å². The number of benzene rings is 2. The molecule has 6 nitrogen and oxygen atoms in total. The molecule has 2 N–H and O–H groups in total. The molecule has 0 bridgehead atoms. The van der Waals surface area contributed by atoms with Crippen molar-refractivity contribution in [2.45, 2.75) is 56.3 Å². The molecule has 1 fully saturated rings. The third-order valence-corrected chi connectivity index (χ3v) is 7.88. The quantitative estimate of drug-likeness (QED) is 0.656. The second-order valence-corrected chi connectivity index (χ2v) is 11.3. The molecule has 0 unspecified atom stereocenters. The fraction of sp³-hybridized carbons (Fsp3) is 0.423. The summed E-state index contributed by atoms with van der Waals surface area (Å²) in [4.78, 5) is 41.3. The minimum Gasteiger partial charge on any atom is -0.354 e. The molecule has 0 aromatic heterocycles. The van der Waals surface area contributed by atoms with Crippen molar-refractivity contribution >= 4 is 29.5 Å². The maximum absolute atomic E-state index is 13.5. The number of carbonyl (C=O) groups is 3. The van der Waals surface area contributed by atoms with Gasteiger partial charge in [0.1, 0.15) is 17.5 Å². The maximum Gasteiger partial charge on any atom is 0.256 e. The molecule has 0 spiro atoms. The van der Waals surface area contributed by atoms with Gasteiger partial charge >= 0.3 is 0 Å². The fourth-order valence-electron chi connectivity index (χ4n) is 4.66. The third-order valence-electron chi connectivity index (χ3n) is 6.35. The molecule has 3 amide bonds. The Morgan fingerprint density at radius 1 is 1.06 bits per heavy atom. The molecule has 2 aromatic carbocycles. The smallest absolute Gasteiger partial charge is 0.256 e. The van der Waals surface area contributed by atoms with Gasteiger partial charge in [0.15, 0.2) is 0 Å². The van der Waals surface area contributed by atoms with E-state index in [1.807, 2.05) is 82.3 Å². The van der Waals surface area contributed by atoms with Crippen LogP contribution in [0.4, 0.5) is 0 Å². The number of fused-ring (bicyclic) bond motifs is 3. The van der Waals surface area contributed by atoms with Gasteiger partial charge in [-0.3, -0.25) is 14.4 Å². The van der Waals surface area contributed by atoms with E-state index in [1.165, 1.54) is 0 Å². The normalized spacial score (nSPS) is 21.5. The van der Waals surface area contributed by atoms with Gasteiger partial charge in [0, 0.05) is 16.9 Å². The number of rotatable bonds is 7. The van der Waals surface area contributed by atoms with Gasteiger partial charge in [0.2, 0.25) is 11.8 Å². The van der Waals surface area contributed by atoms with Crippen LogP contribution >= 0.6 is 11.8 Å². The van der Waals surface area contributed by atoms with Crippen LogP contribution in [-0.4, -0.2) is 46.0 Å². The van der Waals surface area contributed by atoms with Gasteiger partial charge in [-0.25, -0.2) is 0 Å². The van der Waals surface area contributed by atoms with Crippen molar-refractivity contribution in [3.63, 3.8) is 0 Å². The molecule has 2 aromatic rings. The lowest BCUT2D eigenvalue weighted by Crippen LogP contribution is -2.58. The first kappa shape index (κ1) is 23.4. The Morgan fingerprint density at radius 2 is 1.73 bits per heavy atom. The number of carbonyl (C=O) groups excluding carboxylic acids is 3. The highest BCUT2D eigenvalue weighted by Gasteiger charge is 2.57. The molecule has 0 saturated carbocycles. The summed E-state index contributed by atoms with van der Waals surface area (Å²) in [6.45, 7) is 8.29. The number of nitrogens with one attached hydrogen (secondary N) is 2. The van der Waals surface area contributed by atoms with Crippen LogP contribution in [0.25, 0.3) is 0 Å². The maximum atomic E-state index is 13.5. The van der Waals surface area contributed by atoms with Crippen molar-refractivity contribution in [2.24, 2.45) is 5.92 Å². The lowest BCUT2D eigenvalue weighted by atomic mass is 9.98. The van der Waals surface area contributed by atoms with E-state index >= 15 is 0 Å². The summed E-state index contributed by atoms with van der Waals surface area (Å²) >= 11 is 1.62. The van der Waals surface area contributed by atoms with E-state index in [4.69, 9.17) is 0 Å². The Morgan fingerprint density at radius 3 is 2.42 bits per heavy atom. The Kier molecular flexibility index (Phi) is 6.52. The molecule has 2 heterocycles. The van der Waals surface area contributed by atoms with Gasteiger partial charge in [0.25, 0.3) is 5.91 Å². The molecular formula is C26H31N3O3S. The number of hydrogen-bond acceptors (Lipinski definition) is 4. The summed E-state index contributed by atoms with van der Waals surface area (Å²) in [5.41, 5.74) is 2.75. The van der Waals surface area contributed by atoms with Crippen LogP contribution in [0.1, 0.15) is 54.6 Å². The molecule has 0 radical (unpaired) electrons. The molecule has 174 valence electrons. The predicted octanol–water partition coefficient (Wildman–Crippen LogP) is 3.53. The van der Waals surface area contributed by atoms with E-state index in [9.17, 15) is 14.4 Å². The zero-order valence-corrected chi connectivity index (χ0v) is 20.3. The van der Waals surface area contributed by atoms with Crippen LogP contribution in [-0.2, 0) is 16.0 Å². The summed E-state index contributed by atoms with van der Waals surface area (Å²) in [7, 11) is 0. The summed E-state index contributed by atoms with van der Waals surface area (Å²) in [5.74, 6) is -0.703. The summed E-state index contributed by atoms with van der Waals surface area (Å²) in [6, 6.07) is 16.2. The highest BCUT2D eigenvalue weighted by atomic mass is 32.2. The van der Waals surface area contributed by atoms with E-state index in [2.05, 4.69) is 10.6 Å². The van der Waals surface area contributed by atoms with Gasteiger partial charge in [-0.05, 0) is 43.4 Å². The van der Waals surface area contributed by atoms with E-state index in [-0.39, 0.29) is 29.0 Å². The topological polar surface area (TPSA) is 78.5 Å². The van der Waals surface area contributed by atoms with Crippen LogP contribution in [0.2, 0.25) is 0 Å². The van der Waals surface area contributed by atoms with Crippen molar-refractivity contribution < 1.29 is 14.4 Å². The standard InChI is InChI=1S/C26H31N3O3S/c1-16(2)20(22(30)27-15-14-17-10-6-5-7-11-17)28-23(31)21-26(3,4)33-25-19-13-9-8-12-18(19)24(32)29(21)25/h5-13,16,20-21,25H,14-15H2,1-4H3,(H,27,30)(H,28,31)/t20-,21+,25-/m0/s1. The highest BCUT2D eigenvalue weighted by molar-refractivity contribution is 8.01. The van der Waals surface area contributed by atoms with Crippen LogP contribution in [0, 0.1) is 5.92 Å². The first-order valence-corrected chi connectivity index (χ1v) is 12.3. The molecule has 33 heavy (non-hydrogen) atoms. The molecule has 1 saturated heterocycles. The Bertz CT molecular complexity index is 1050. The van der Waals surface area contributed by atoms with Crippen LogP contribution in [0.5, 0.6) is 0 Å². The van der Waals surface area contributed by atoms with E-state index in [0.717, 1.165) is 17.5 Å². The van der Waals surface area contributed by atoms with Crippen molar-refractivity contribution in [1.29, 1.82) is 0 Å². The van der Waals surface area contributed by atoms with E-state index in [0.29, 0.717) is 12.1 Å². The molecule has 2 aliphatic rings. The molecular weight excluding hydrogens is 434 g/mol. The van der Waals surface area contributed by atoms with Gasteiger partial charge < -0.3 is 15.5 Å². The zero-order valence-electron chi connectivity index (χ0n) is 19.5. The van der Waals surface area contributed by atoms with Crippen molar-refractivity contribution in [3.05, 3.63) is 71.3 Å². The average Bonchev–Trinajstić information content (AvgIpc) is 3.21. The Hall–Kier alpha value is -2.80. The van der Waals surface area contributed by atoms with Crippen molar-refractivity contribution in [3.8, 4) is 0 Å². The van der Waals surface area contributed by atoms with Crippen LogP contribution in [0.3, 0.4) is 0 Å². The zero-order chi connectivity index (χ0) is 23.8. The van der Waals surface area contributed by atoms with Gasteiger partial charge in [0.05, 0.1) is 0 Å². The van der Waals surface area contributed by atoms with Gasteiger partial charge in [-0.2, -0.15) is 0 Å². The molecule has 2 aliphatic heterocycles. The Labute approximate surface area is 199 Å². The largest absolute Gasteiger partial charge is 0.354 e. The number of amides is 3. The summed E-state index contributed by atoms with van der Waals surface area (Å²) < 4.78 is -0.483. The SMILES string of the molecule is CC(C)[C@H](NC(=O)[C@H]1N2C(=O)c3ccccc3[C@@H]2SC1(C)C)C(=O)NCCc1ccccc1. The molecule has 0 aliphatic carbocycles. The molecule has 4 rings (SSSR count). The van der Waals surface area contributed by atoms with Crippen molar-refractivity contribution in [2.75, 3.05) is 6.54 Å². The Balaban J connectivity index is 1.46. The van der Waals surface area contributed by atoms with Crippen LogP contribution in [0.15, 0.2) is 54.6 Å². The monoisotopic (exact) mass is 465 g/mol. The van der Waals surface area contributed by atoms with E-state index < -0.39 is 16.8 Å². The second kappa shape index (κ2) is 9.21. The molecule has 3 atom stereocenters. The minimum absolute atomic E-state index is 0.0925. The first-order chi connectivity index (χ1) is 15.7. The second-order valence-electron chi connectivity index (χ2n) is 9.53. The minimum atomic E-state index is -0.673. The lowest BCUT2D eigenvalue weighted by Gasteiger charge is -2.32. The van der Waals surface area contributed by atoms with Gasteiger partial charge in [-0.15, -0.1) is 11.8 Å². The van der Waals surface area contributed by atoms with Crippen LogP contribution < -0.4 is 10.6 Å². The third kappa shape index (κ3) is 4.51. The van der Waals surface area contributed by atoms with E-state index in [1.54, 1.807) is 16.7 Å². The summed E-state index contributed by atoms with van der Waals surface area (Å²) in [6.07, 6.45) is 0.722. The lowest BCUT2D eigenvalue weighted by molar-refractivity contribution is -0.132. The molecule has 7 heteroatoms. The number of thioether (sulfide) groups is 1. The number of nitrogens with zero attached hydrogens (tertiary/aromatic N) is 1. The summed E-state index contributed by atoms with van der Waals surface area (Å²) in [5, 5.41) is 5.74. The predicted molar refractivity (Wildman–Crippen MR) is 131 cm³/mol. The first-order valence-electron chi connectivity index (χ1n) is 11.4. The van der Waals surface area contributed by atoms with Gasteiger partial charge in [-0.1, -0.05) is 62.4 Å². The average molecular weight is 466 g/mol.